The summed E-state index contributed by atoms with van der Waals surface area (Å²) < 4.78 is 13.6. The van der Waals surface area contributed by atoms with E-state index in [-0.39, 0.29) is 17.4 Å². The van der Waals surface area contributed by atoms with Gasteiger partial charge in [0.25, 0.3) is 11.6 Å². The Bertz CT molecular complexity index is 1050. The summed E-state index contributed by atoms with van der Waals surface area (Å²) in [7, 11) is 0. The maximum Gasteiger partial charge on any atom is 0.269 e. The van der Waals surface area contributed by atoms with E-state index < -0.39 is 4.92 Å². The fourth-order valence-electron chi connectivity index (χ4n) is 3.30. The molecule has 0 bridgehead atoms. The Morgan fingerprint density at radius 1 is 1.04 bits per heavy atom. The SMILES string of the molecule is O=C(c1ccc([N+](=O)[O-])cc1)N1CCN(c2ncnc3ccc(F)cc23)CC1. The molecule has 0 saturated carbocycles. The standard InChI is InChI=1S/C19H16FN5O3/c20-14-3-6-17-16(11-14)18(22-12-21-17)23-7-9-24(10-8-23)19(26)13-1-4-15(5-2-13)25(27)28/h1-6,11-12H,7-10H2. The zero-order valence-electron chi connectivity index (χ0n) is 14.8. The van der Waals surface area contributed by atoms with Gasteiger partial charge in [-0.1, -0.05) is 0 Å². The van der Waals surface area contributed by atoms with E-state index in [9.17, 15) is 19.3 Å². The summed E-state index contributed by atoms with van der Waals surface area (Å²) in [4.78, 5) is 35.1. The highest BCUT2D eigenvalue weighted by Gasteiger charge is 2.24. The van der Waals surface area contributed by atoms with Crippen LogP contribution in [0.25, 0.3) is 10.9 Å². The molecular formula is C19H16FN5O3. The molecule has 0 aliphatic carbocycles. The molecule has 4 rings (SSSR count). The number of rotatable bonds is 3. The average Bonchev–Trinajstić information content (AvgIpc) is 2.73. The van der Waals surface area contributed by atoms with Crippen molar-refractivity contribution < 1.29 is 14.1 Å². The number of nitro benzene ring substituents is 1. The van der Waals surface area contributed by atoms with E-state index >= 15 is 0 Å². The maximum absolute atomic E-state index is 13.6. The number of carbonyl (C=O) groups is 1. The molecule has 0 radical (unpaired) electrons. The number of halogens is 1. The van der Waals surface area contributed by atoms with Crippen LogP contribution in [0.5, 0.6) is 0 Å². The van der Waals surface area contributed by atoms with Gasteiger partial charge in [0.05, 0.1) is 10.4 Å². The molecular weight excluding hydrogens is 365 g/mol. The Morgan fingerprint density at radius 2 is 1.75 bits per heavy atom. The van der Waals surface area contributed by atoms with Crippen LogP contribution >= 0.6 is 0 Å². The molecule has 1 aliphatic heterocycles. The number of carbonyl (C=O) groups excluding carboxylic acids is 1. The molecule has 1 saturated heterocycles. The zero-order valence-corrected chi connectivity index (χ0v) is 14.8. The molecule has 1 aliphatic rings. The highest BCUT2D eigenvalue weighted by Crippen LogP contribution is 2.25. The molecule has 9 heteroatoms. The molecule has 142 valence electrons. The van der Waals surface area contributed by atoms with E-state index in [2.05, 4.69) is 9.97 Å². The fraction of sp³-hybridized carbons (Fsp3) is 0.211. The maximum atomic E-state index is 13.6. The molecule has 28 heavy (non-hydrogen) atoms. The third-order valence-electron chi connectivity index (χ3n) is 4.77. The first-order valence-electron chi connectivity index (χ1n) is 8.72. The van der Waals surface area contributed by atoms with Gasteiger partial charge in [0.2, 0.25) is 0 Å². The second-order valence-corrected chi connectivity index (χ2v) is 6.44. The average molecular weight is 381 g/mol. The highest BCUT2D eigenvalue weighted by atomic mass is 19.1. The Balaban J connectivity index is 1.48. The summed E-state index contributed by atoms with van der Waals surface area (Å²) in [5, 5.41) is 11.4. The summed E-state index contributed by atoms with van der Waals surface area (Å²) in [6.07, 6.45) is 1.45. The molecule has 1 aromatic heterocycles. The van der Waals surface area contributed by atoms with Crippen LogP contribution in [0.3, 0.4) is 0 Å². The topological polar surface area (TPSA) is 92.5 Å². The minimum absolute atomic E-state index is 0.0516. The lowest BCUT2D eigenvalue weighted by Crippen LogP contribution is -2.49. The smallest absolute Gasteiger partial charge is 0.269 e. The van der Waals surface area contributed by atoms with Crippen molar-refractivity contribution in [1.82, 2.24) is 14.9 Å². The molecule has 1 amide bonds. The number of fused-ring (bicyclic) bond motifs is 1. The predicted molar refractivity (Wildman–Crippen MR) is 101 cm³/mol. The van der Waals surface area contributed by atoms with Crippen molar-refractivity contribution in [2.24, 2.45) is 0 Å². The van der Waals surface area contributed by atoms with Crippen molar-refractivity contribution in [3.05, 3.63) is 70.3 Å². The quantitative estimate of drug-likeness (QED) is 0.512. The summed E-state index contributed by atoms with van der Waals surface area (Å²) >= 11 is 0. The molecule has 1 fully saturated rings. The summed E-state index contributed by atoms with van der Waals surface area (Å²) in [5.74, 6) is 0.121. The lowest BCUT2D eigenvalue weighted by molar-refractivity contribution is -0.384. The number of aromatic nitrogens is 2. The summed E-state index contributed by atoms with van der Waals surface area (Å²) in [6.45, 7) is 2.02. The largest absolute Gasteiger partial charge is 0.352 e. The van der Waals surface area contributed by atoms with Crippen LogP contribution in [0.2, 0.25) is 0 Å². The van der Waals surface area contributed by atoms with Crippen molar-refractivity contribution in [1.29, 1.82) is 0 Å². The van der Waals surface area contributed by atoms with Crippen LogP contribution in [-0.4, -0.2) is 51.9 Å². The number of nitrogens with zero attached hydrogens (tertiary/aromatic N) is 5. The van der Waals surface area contributed by atoms with E-state index in [1.807, 2.05) is 4.90 Å². The number of piperazine rings is 1. The number of benzene rings is 2. The second-order valence-electron chi connectivity index (χ2n) is 6.44. The molecule has 0 spiro atoms. The van der Waals surface area contributed by atoms with Crippen molar-refractivity contribution in [3.63, 3.8) is 0 Å². The van der Waals surface area contributed by atoms with Gasteiger partial charge in [-0.2, -0.15) is 0 Å². The van der Waals surface area contributed by atoms with Crippen LogP contribution < -0.4 is 4.90 Å². The zero-order chi connectivity index (χ0) is 19.7. The monoisotopic (exact) mass is 381 g/mol. The molecule has 0 N–H and O–H groups in total. The number of nitro groups is 1. The first-order chi connectivity index (χ1) is 13.5. The van der Waals surface area contributed by atoms with Crippen LogP contribution in [0.15, 0.2) is 48.8 Å². The molecule has 0 unspecified atom stereocenters. The van der Waals surface area contributed by atoms with Crippen molar-refractivity contribution >= 4 is 28.3 Å². The van der Waals surface area contributed by atoms with E-state index in [0.29, 0.717) is 48.5 Å². The third-order valence-corrected chi connectivity index (χ3v) is 4.77. The number of hydrogen-bond donors (Lipinski definition) is 0. The van der Waals surface area contributed by atoms with Crippen molar-refractivity contribution in [3.8, 4) is 0 Å². The van der Waals surface area contributed by atoms with Gasteiger partial charge in [-0.3, -0.25) is 14.9 Å². The predicted octanol–water partition coefficient (Wildman–Crippen LogP) is 2.64. The van der Waals surface area contributed by atoms with Gasteiger partial charge in [-0.15, -0.1) is 0 Å². The van der Waals surface area contributed by atoms with Gasteiger partial charge in [-0.05, 0) is 30.3 Å². The molecule has 2 aromatic carbocycles. The molecule has 8 nitrogen and oxygen atoms in total. The molecule has 2 heterocycles. The Hall–Kier alpha value is -3.62. The molecule has 0 atom stereocenters. The van der Waals surface area contributed by atoms with E-state index in [4.69, 9.17) is 0 Å². The number of non-ortho nitro benzene ring substituents is 1. The van der Waals surface area contributed by atoms with E-state index in [0.717, 1.165) is 0 Å². The van der Waals surface area contributed by atoms with Gasteiger partial charge >= 0.3 is 0 Å². The molecule has 3 aromatic rings. The van der Waals surface area contributed by atoms with Crippen LogP contribution in [0.1, 0.15) is 10.4 Å². The third kappa shape index (κ3) is 3.34. The van der Waals surface area contributed by atoms with E-state index in [1.165, 1.54) is 42.7 Å². The highest BCUT2D eigenvalue weighted by molar-refractivity contribution is 5.95. The first kappa shape index (κ1) is 17.8. The normalized spacial score (nSPS) is 14.3. The first-order valence-corrected chi connectivity index (χ1v) is 8.72. The van der Waals surface area contributed by atoms with Gasteiger partial charge in [-0.25, -0.2) is 14.4 Å². The number of anilines is 1. The van der Waals surface area contributed by atoms with Gasteiger partial charge in [0.15, 0.2) is 0 Å². The lowest BCUT2D eigenvalue weighted by atomic mass is 10.1. The van der Waals surface area contributed by atoms with Gasteiger partial charge in [0.1, 0.15) is 18.0 Å². The Morgan fingerprint density at radius 3 is 2.43 bits per heavy atom. The van der Waals surface area contributed by atoms with Gasteiger partial charge in [0, 0.05) is 49.3 Å². The van der Waals surface area contributed by atoms with Crippen LogP contribution in [-0.2, 0) is 0 Å². The lowest BCUT2D eigenvalue weighted by Gasteiger charge is -2.35. The second kappa shape index (κ2) is 7.18. The van der Waals surface area contributed by atoms with Crippen molar-refractivity contribution in [2.45, 2.75) is 0 Å². The Kier molecular flexibility index (Phi) is 4.56. The van der Waals surface area contributed by atoms with Crippen LogP contribution in [0, 0.1) is 15.9 Å². The van der Waals surface area contributed by atoms with E-state index in [1.54, 1.807) is 11.0 Å². The van der Waals surface area contributed by atoms with Crippen LogP contribution in [0.4, 0.5) is 15.9 Å². The fourth-order valence-corrected chi connectivity index (χ4v) is 3.30. The summed E-state index contributed by atoms with van der Waals surface area (Å²) in [5.41, 5.74) is 1.02. The summed E-state index contributed by atoms with van der Waals surface area (Å²) in [6, 6.07) is 9.97. The van der Waals surface area contributed by atoms with Gasteiger partial charge < -0.3 is 9.80 Å². The Labute approximate surface area is 159 Å². The van der Waals surface area contributed by atoms with Crippen molar-refractivity contribution in [2.75, 3.05) is 31.1 Å². The minimum Gasteiger partial charge on any atom is -0.352 e. The minimum atomic E-state index is -0.498. The number of amides is 1. The number of hydrogen-bond acceptors (Lipinski definition) is 6.